The van der Waals surface area contributed by atoms with Gasteiger partial charge in [-0.3, -0.25) is 0 Å². The molecule has 1 aliphatic heterocycles. The predicted octanol–water partition coefficient (Wildman–Crippen LogP) is 1.86. The highest BCUT2D eigenvalue weighted by Gasteiger charge is 2.21. The Balaban J connectivity index is 3.05. The van der Waals surface area contributed by atoms with Gasteiger partial charge in [-0.05, 0) is 18.3 Å². The Kier molecular flexibility index (Phi) is 3.55. The van der Waals surface area contributed by atoms with E-state index in [1.807, 2.05) is 0 Å². The Hall–Kier alpha value is -0.990. The SMILES string of the molecule is CC[C@H](C)C1=C(C(C)C)NCN=C1N. The average molecular weight is 195 g/mol. The fraction of sp³-hybridized carbons (Fsp3) is 0.727. The van der Waals surface area contributed by atoms with E-state index in [0.29, 0.717) is 18.5 Å². The fourth-order valence-electron chi connectivity index (χ4n) is 1.77. The van der Waals surface area contributed by atoms with E-state index in [-0.39, 0.29) is 0 Å². The number of nitrogens with zero attached hydrogens (tertiary/aromatic N) is 1. The highest BCUT2D eigenvalue weighted by atomic mass is 15.1. The second-order valence-electron chi connectivity index (χ2n) is 4.17. The first-order valence-electron chi connectivity index (χ1n) is 5.36. The van der Waals surface area contributed by atoms with Gasteiger partial charge in [0.05, 0.1) is 0 Å². The maximum atomic E-state index is 5.94. The van der Waals surface area contributed by atoms with Crippen molar-refractivity contribution >= 4 is 5.84 Å². The second-order valence-corrected chi connectivity index (χ2v) is 4.17. The molecule has 1 atom stereocenters. The molecule has 0 aromatic heterocycles. The molecule has 3 heteroatoms. The minimum atomic E-state index is 0.490. The molecule has 80 valence electrons. The van der Waals surface area contributed by atoms with Crippen LogP contribution >= 0.6 is 0 Å². The summed E-state index contributed by atoms with van der Waals surface area (Å²) in [4.78, 5) is 4.24. The fourth-order valence-corrected chi connectivity index (χ4v) is 1.77. The second kappa shape index (κ2) is 4.49. The Morgan fingerprint density at radius 2 is 2.07 bits per heavy atom. The minimum Gasteiger partial charge on any atom is -0.384 e. The largest absolute Gasteiger partial charge is 0.384 e. The molecule has 3 nitrogen and oxygen atoms in total. The van der Waals surface area contributed by atoms with Crippen LogP contribution in [0.5, 0.6) is 0 Å². The molecule has 0 saturated carbocycles. The minimum absolute atomic E-state index is 0.490. The number of hydrogen-bond donors (Lipinski definition) is 2. The van der Waals surface area contributed by atoms with Crippen LogP contribution in [-0.2, 0) is 0 Å². The third kappa shape index (κ3) is 2.08. The zero-order valence-corrected chi connectivity index (χ0v) is 9.59. The van der Waals surface area contributed by atoms with Gasteiger partial charge in [-0.2, -0.15) is 0 Å². The lowest BCUT2D eigenvalue weighted by molar-refractivity contribution is 0.590. The number of hydrogen-bond acceptors (Lipinski definition) is 3. The predicted molar refractivity (Wildman–Crippen MR) is 60.9 cm³/mol. The van der Waals surface area contributed by atoms with Crippen LogP contribution in [0.1, 0.15) is 34.1 Å². The Bertz CT molecular complexity index is 264. The van der Waals surface area contributed by atoms with E-state index >= 15 is 0 Å². The van der Waals surface area contributed by atoms with Crippen molar-refractivity contribution in [3.05, 3.63) is 11.3 Å². The third-order valence-corrected chi connectivity index (χ3v) is 2.77. The van der Waals surface area contributed by atoms with E-state index in [9.17, 15) is 0 Å². The maximum absolute atomic E-state index is 5.94. The lowest BCUT2D eigenvalue weighted by Gasteiger charge is -2.26. The summed E-state index contributed by atoms with van der Waals surface area (Å²) in [6.45, 7) is 9.37. The molecule has 14 heavy (non-hydrogen) atoms. The summed E-state index contributed by atoms with van der Waals surface area (Å²) in [5.74, 6) is 1.71. The van der Waals surface area contributed by atoms with Crippen LogP contribution in [0, 0.1) is 11.8 Å². The van der Waals surface area contributed by atoms with Gasteiger partial charge in [0.1, 0.15) is 12.5 Å². The number of amidine groups is 1. The molecule has 0 spiro atoms. The molecule has 1 rings (SSSR count). The molecular weight excluding hydrogens is 174 g/mol. The lowest BCUT2D eigenvalue weighted by Crippen LogP contribution is -2.34. The maximum Gasteiger partial charge on any atom is 0.125 e. The molecule has 0 aromatic rings. The Morgan fingerprint density at radius 3 is 2.57 bits per heavy atom. The summed E-state index contributed by atoms with van der Waals surface area (Å²) in [6.07, 6.45) is 1.10. The van der Waals surface area contributed by atoms with Gasteiger partial charge in [0.2, 0.25) is 0 Å². The number of rotatable bonds is 3. The number of allylic oxidation sites excluding steroid dienone is 1. The van der Waals surface area contributed by atoms with Gasteiger partial charge in [-0.1, -0.05) is 27.7 Å². The first-order valence-corrected chi connectivity index (χ1v) is 5.36. The molecule has 0 bridgehead atoms. The van der Waals surface area contributed by atoms with E-state index in [1.54, 1.807) is 0 Å². The highest BCUT2D eigenvalue weighted by molar-refractivity contribution is 5.98. The molecule has 0 unspecified atom stereocenters. The van der Waals surface area contributed by atoms with E-state index in [1.165, 1.54) is 11.3 Å². The van der Waals surface area contributed by atoms with E-state index in [2.05, 4.69) is 38.0 Å². The molecule has 0 amide bonds. The van der Waals surface area contributed by atoms with Crippen LogP contribution in [-0.4, -0.2) is 12.5 Å². The van der Waals surface area contributed by atoms with Gasteiger partial charge in [-0.15, -0.1) is 0 Å². The molecule has 0 radical (unpaired) electrons. The van der Waals surface area contributed by atoms with Crippen LogP contribution in [0.3, 0.4) is 0 Å². The van der Waals surface area contributed by atoms with Gasteiger partial charge in [-0.25, -0.2) is 4.99 Å². The van der Waals surface area contributed by atoms with Gasteiger partial charge in [0.25, 0.3) is 0 Å². The Labute approximate surface area is 86.5 Å². The zero-order valence-electron chi connectivity index (χ0n) is 9.59. The van der Waals surface area contributed by atoms with Gasteiger partial charge < -0.3 is 11.1 Å². The smallest absolute Gasteiger partial charge is 0.125 e. The molecule has 0 fully saturated rings. The van der Waals surface area contributed by atoms with E-state index < -0.39 is 0 Å². The van der Waals surface area contributed by atoms with Crippen molar-refractivity contribution in [2.45, 2.75) is 34.1 Å². The Morgan fingerprint density at radius 1 is 1.43 bits per heavy atom. The normalized spacial score (nSPS) is 19.4. The van der Waals surface area contributed by atoms with Crippen LogP contribution in [0.4, 0.5) is 0 Å². The molecule has 1 heterocycles. The summed E-state index contributed by atoms with van der Waals surface area (Å²) in [7, 11) is 0. The van der Waals surface area contributed by atoms with Crippen LogP contribution in [0.25, 0.3) is 0 Å². The van der Waals surface area contributed by atoms with Crippen LogP contribution in [0.2, 0.25) is 0 Å². The summed E-state index contributed by atoms with van der Waals surface area (Å²) in [5.41, 5.74) is 8.42. The first kappa shape index (κ1) is 11.1. The summed E-state index contributed by atoms with van der Waals surface area (Å²) >= 11 is 0. The molecule has 3 N–H and O–H groups in total. The van der Waals surface area contributed by atoms with Crippen molar-refractivity contribution in [3.63, 3.8) is 0 Å². The number of nitrogens with two attached hydrogens (primary N) is 1. The zero-order chi connectivity index (χ0) is 10.7. The summed E-state index contributed by atoms with van der Waals surface area (Å²) < 4.78 is 0. The molecule has 0 aromatic carbocycles. The standard InChI is InChI=1S/C11H21N3/c1-5-8(4)9-10(7(2)3)13-6-14-11(9)12/h7-8,13H,5-6H2,1-4H3,(H2,12,14)/t8-/m0/s1. The molecule has 0 aliphatic carbocycles. The van der Waals surface area contributed by atoms with Crippen molar-refractivity contribution in [3.8, 4) is 0 Å². The molecule has 0 saturated heterocycles. The number of aliphatic imine (C=N–C) groups is 1. The van der Waals surface area contributed by atoms with Gasteiger partial charge in [0, 0.05) is 11.3 Å². The molecular formula is C11H21N3. The van der Waals surface area contributed by atoms with Crippen LogP contribution < -0.4 is 11.1 Å². The van der Waals surface area contributed by atoms with Crippen molar-refractivity contribution in [2.24, 2.45) is 22.6 Å². The van der Waals surface area contributed by atoms with Crippen molar-refractivity contribution < 1.29 is 0 Å². The lowest BCUT2D eigenvalue weighted by atomic mass is 9.91. The van der Waals surface area contributed by atoms with Crippen molar-refractivity contribution in [2.75, 3.05) is 6.67 Å². The van der Waals surface area contributed by atoms with E-state index in [0.717, 1.165) is 12.3 Å². The highest BCUT2D eigenvalue weighted by Crippen LogP contribution is 2.23. The van der Waals surface area contributed by atoms with Crippen LogP contribution in [0.15, 0.2) is 16.3 Å². The van der Waals surface area contributed by atoms with Crippen molar-refractivity contribution in [1.29, 1.82) is 0 Å². The topological polar surface area (TPSA) is 50.4 Å². The average Bonchev–Trinajstić information content (AvgIpc) is 2.16. The van der Waals surface area contributed by atoms with Crippen molar-refractivity contribution in [1.82, 2.24) is 5.32 Å². The monoisotopic (exact) mass is 195 g/mol. The van der Waals surface area contributed by atoms with Gasteiger partial charge >= 0.3 is 0 Å². The molecule has 1 aliphatic rings. The first-order chi connectivity index (χ1) is 6.57. The summed E-state index contributed by atoms with van der Waals surface area (Å²) in [5, 5.41) is 3.33. The quantitative estimate of drug-likeness (QED) is 0.722. The summed E-state index contributed by atoms with van der Waals surface area (Å²) in [6, 6.07) is 0. The third-order valence-electron chi connectivity index (χ3n) is 2.77. The van der Waals surface area contributed by atoms with Gasteiger partial charge in [0.15, 0.2) is 0 Å². The van der Waals surface area contributed by atoms with E-state index in [4.69, 9.17) is 5.73 Å². The number of nitrogens with one attached hydrogen (secondary N) is 1.